The Kier molecular flexibility index (Phi) is 10.3. The minimum absolute atomic E-state index is 0.246. The van der Waals surface area contributed by atoms with Gasteiger partial charge in [-0.3, -0.25) is 4.79 Å². The molecule has 4 aromatic carbocycles. The van der Waals surface area contributed by atoms with Crippen LogP contribution in [-0.4, -0.2) is 27.3 Å². The first-order chi connectivity index (χ1) is 23.2. The maximum atomic E-state index is 14.2. The lowest BCUT2D eigenvalue weighted by atomic mass is 9.94. The van der Waals surface area contributed by atoms with Gasteiger partial charge in [0.1, 0.15) is 12.6 Å². The summed E-state index contributed by atoms with van der Waals surface area (Å²) in [5, 5.41) is 13.3. The third kappa shape index (κ3) is 7.49. The smallest absolute Gasteiger partial charge is 0.255 e. The lowest BCUT2D eigenvalue weighted by Crippen LogP contribution is -2.31. The number of rotatable bonds is 11. The van der Waals surface area contributed by atoms with E-state index in [0.29, 0.717) is 62.9 Å². The van der Waals surface area contributed by atoms with Crippen molar-refractivity contribution >= 4 is 52.5 Å². The van der Waals surface area contributed by atoms with Gasteiger partial charge in [-0.05, 0) is 86.3 Å². The Bertz CT molecular complexity index is 1990. The zero-order valence-electron chi connectivity index (χ0n) is 27.0. The Labute approximate surface area is 294 Å². The van der Waals surface area contributed by atoms with E-state index in [2.05, 4.69) is 10.6 Å². The normalized spacial score (nSPS) is 13.9. The summed E-state index contributed by atoms with van der Waals surface area (Å²) in [5.41, 5.74) is 6.76. The second kappa shape index (κ2) is 14.8. The number of hydrogen-bond donors (Lipinski definition) is 2. The van der Waals surface area contributed by atoms with E-state index in [1.165, 1.54) is 11.8 Å². The molecule has 0 bridgehead atoms. The van der Waals surface area contributed by atoms with Crippen LogP contribution in [0.2, 0.25) is 10.0 Å². The van der Waals surface area contributed by atoms with E-state index in [0.717, 1.165) is 33.5 Å². The summed E-state index contributed by atoms with van der Waals surface area (Å²) in [6.07, 6.45) is 0. The van der Waals surface area contributed by atoms with Crippen molar-refractivity contribution in [3.63, 3.8) is 0 Å². The van der Waals surface area contributed by atoms with Crippen LogP contribution in [0.1, 0.15) is 47.7 Å². The Balaban J connectivity index is 1.36. The summed E-state index contributed by atoms with van der Waals surface area (Å²) in [7, 11) is 0. The van der Waals surface area contributed by atoms with Crippen LogP contribution in [0.5, 0.6) is 11.5 Å². The number of aryl methyl sites for hydroxylation is 2. The van der Waals surface area contributed by atoms with Crippen LogP contribution >= 0.6 is 35.0 Å². The van der Waals surface area contributed by atoms with Gasteiger partial charge in [-0.25, -0.2) is 4.68 Å². The first-order valence-corrected chi connectivity index (χ1v) is 17.3. The second-order valence-electron chi connectivity index (χ2n) is 11.4. The van der Waals surface area contributed by atoms with Gasteiger partial charge in [0.25, 0.3) is 5.91 Å². The Morgan fingerprint density at radius 2 is 1.75 bits per heavy atom. The number of hydrogen-bond acceptors (Lipinski definition) is 7. The third-order valence-corrected chi connectivity index (χ3v) is 9.42. The van der Waals surface area contributed by atoms with E-state index < -0.39 is 6.04 Å². The number of anilines is 2. The summed E-state index contributed by atoms with van der Waals surface area (Å²) in [6.45, 7) is 8.58. The van der Waals surface area contributed by atoms with Crippen LogP contribution in [0, 0.1) is 13.8 Å². The maximum Gasteiger partial charge on any atom is 0.255 e. The molecule has 2 heterocycles. The molecular weight excluding hydrogens is 665 g/mol. The number of nitrogens with zero attached hydrogens (tertiary/aromatic N) is 3. The summed E-state index contributed by atoms with van der Waals surface area (Å²) < 4.78 is 14.0. The van der Waals surface area contributed by atoms with E-state index in [1.807, 2.05) is 113 Å². The molecule has 0 fully saturated rings. The predicted octanol–water partition coefficient (Wildman–Crippen LogP) is 9.40. The topological polar surface area (TPSA) is 90.3 Å². The van der Waals surface area contributed by atoms with Gasteiger partial charge in [-0.15, -0.1) is 5.10 Å². The van der Waals surface area contributed by atoms with E-state index >= 15 is 0 Å². The molecule has 11 heteroatoms. The molecule has 1 aliphatic rings. The molecular formula is C37H35Cl2N5O3S. The third-order valence-electron chi connectivity index (χ3n) is 7.91. The minimum atomic E-state index is -0.612. The molecule has 0 aliphatic carbocycles. The number of nitrogens with one attached hydrogen (secondary N) is 2. The number of aromatic nitrogens is 3. The SMILES string of the molecule is CCOc1cc(C2C(C(=O)Nc3ccc(C)cc3C)=C(C)Nc3nc(SCc4ccccc4Cl)nn32)ccc1OCc1ccc(Cl)cc1. The van der Waals surface area contributed by atoms with Crippen molar-refractivity contribution in [2.75, 3.05) is 17.2 Å². The molecule has 48 heavy (non-hydrogen) atoms. The van der Waals surface area contributed by atoms with Crippen molar-refractivity contribution in [3.8, 4) is 11.5 Å². The van der Waals surface area contributed by atoms with Crippen molar-refractivity contribution in [2.24, 2.45) is 0 Å². The van der Waals surface area contributed by atoms with Crippen LogP contribution in [0.15, 0.2) is 101 Å². The average Bonchev–Trinajstić information content (AvgIpc) is 3.47. The monoisotopic (exact) mass is 699 g/mol. The van der Waals surface area contributed by atoms with Gasteiger partial charge in [-0.1, -0.05) is 89.1 Å². The highest BCUT2D eigenvalue weighted by Gasteiger charge is 2.35. The lowest BCUT2D eigenvalue weighted by Gasteiger charge is -2.29. The number of allylic oxidation sites excluding steroid dienone is 1. The van der Waals surface area contributed by atoms with Crippen LogP contribution in [0.3, 0.4) is 0 Å². The highest BCUT2D eigenvalue weighted by atomic mass is 35.5. The number of benzene rings is 4. The molecule has 0 saturated carbocycles. The zero-order valence-corrected chi connectivity index (χ0v) is 29.3. The number of carbonyl (C=O) groups is 1. The molecule has 1 aliphatic heterocycles. The first kappa shape index (κ1) is 33.5. The molecule has 8 nitrogen and oxygen atoms in total. The van der Waals surface area contributed by atoms with E-state index in [4.69, 9.17) is 42.8 Å². The summed E-state index contributed by atoms with van der Waals surface area (Å²) in [6, 6.07) is 26.3. The molecule has 6 rings (SSSR count). The Morgan fingerprint density at radius 3 is 2.50 bits per heavy atom. The molecule has 1 aromatic heterocycles. The van der Waals surface area contributed by atoms with E-state index in [-0.39, 0.29) is 5.91 Å². The standard InChI is InChI=1S/C37H35Cl2N5O3S/c1-5-46-32-19-26(13-17-31(32)47-20-25-11-14-28(38)15-12-25)34-33(35(45)41-30-16-10-22(2)18-23(30)3)24(4)40-36-42-37(43-44(34)36)48-21-27-8-6-7-9-29(27)39/h6-19,34H,5,20-21H2,1-4H3,(H,41,45)(H,40,42,43). The summed E-state index contributed by atoms with van der Waals surface area (Å²) >= 11 is 14.0. The van der Waals surface area contributed by atoms with Gasteiger partial charge in [0, 0.05) is 27.2 Å². The number of fused-ring (bicyclic) bond motifs is 1. The van der Waals surface area contributed by atoms with E-state index in [1.54, 1.807) is 4.68 Å². The minimum Gasteiger partial charge on any atom is -0.490 e. The fourth-order valence-electron chi connectivity index (χ4n) is 5.52. The summed E-state index contributed by atoms with van der Waals surface area (Å²) in [5.74, 6) is 2.02. The van der Waals surface area contributed by atoms with Gasteiger partial charge in [-0.2, -0.15) is 4.98 Å². The van der Waals surface area contributed by atoms with Crippen molar-refractivity contribution < 1.29 is 14.3 Å². The van der Waals surface area contributed by atoms with E-state index in [9.17, 15) is 4.79 Å². The molecule has 1 atom stereocenters. The molecule has 0 saturated heterocycles. The molecule has 0 radical (unpaired) electrons. The van der Waals surface area contributed by atoms with Crippen molar-refractivity contribution in [1.82, 2.24) is 14.8 Å². The molecule has 246 valence electrons. The number of carbonyl (C=O) groups excluding carboxylic acids is 1. The van der Waals surface area contributed by atoms with Crippen molar-refractivity contribution in [3.05, 3.63) is 134 Å². The van der Waals surface area contributed by atoms with Gasteiger partial charge < -0.3 is 20.1 Å². The van der Waals surface area contributed by atoms with Crippen LogP contribution in [0.4, 0.5) is 11.6 Å². The summed E-state index contributed by atoms with van der Waals surface area (Å²) in [4.78, 5) is 19.0. The Hall–Kier alpha value is -4.44. The highest BCUT2D eigenvalue weighted by Crippen LogP contribution is 2.40. The fourth-order valence-corrected chi connectivity index (χ4v) is 6.76. The molecule has 1 amide bonds. The van der Waals surface area contributed by atoms with Crippen molar-refractivity contribution in [1.29, 1.82) is 0 Å². The number of amides is 1. The van der Waals surface area contributed by atoms with Crippen LogP contribution in [-0.2, 0) is 17.2 Å². The highest BCUT2D eigenvalue weighted by molar-refractivity contribution is 7.98. The zero-order chi connectivity index (χ0) is 33.8. The molecule has 5 aromatic rings. The maximum absolute atomic E-state index is 14.2. The average molecular weight is 701 g/mol. The second-order valence-corrected chi connectivity index (χ2v) is 13.2. The van der Waals surface area contributed by atoms with Crippen molar-refractivity contribution in [2.45, 2.75) is 51.3 Å². The van der Waals surface area contributed by atoms with Gasteiger partial charge in [0.05, 0.1) is 12.2 Å². The van der Waals surface area contributed by atoms with Gasteiger partial charge in [0.2, 0.25) is 11.1 Å². The quantitative estimate of drug-likeness (QED) is 0.133. The van der Waals surface area contributed by atoms with Gasteiger partial charge in [0.15, 0.2) is 11.5 Å². The van der Waals surface area contributed by atoms with Crippen LogP contribution < -0.4 is 20.1 Å². The molecule has 0 spiro atoms. The van der Waals surface area contributed by atoms with Gasteiger partial charge >= 0.3 is 0 Å². The fraction of sp³-hybridized carbons (Fsp3) is 0.216. The number of ether oxygens (including phenoxy) is 2. The predicted molar refractivity (Wildman–Crippen MR) is 193 cm³/mol. The largest absolute Gasteiger partial charge is 0.490 e. The lowest BCUT2D eigenvalue weighted by molar-refractivity contribution is -0.113. The molecule has 1 unspecified atom stereocenters. The molecule has 2 N–H and O–H groups in total. The van der Waals surface area contributed by atoms with Crippen LogP contribution in [0.25, 0.3) is 0 Å². The number of thioether (sulfide) groups is 1. The first-order valence-electron chi connectivity index (χ1n) is 15.5. The Morgan fingerprint density at radius 1 is 0.958 bits per heavy atom. The number of halogens is 2.